The van der Waals surface area contributed by atoms with Gasteiger partial charge >= 0.3 is 5.97 Å². The van der Waals surface area contributed by atoms with Crippen LogP contribution < -0.4 is 19.3 Å². The molecule has 0 amide bonds. The molecule has 0 bridgehead atoms. The Morgan fingerprint density at radius 1 is 0.914 bits per heavy atom. The predicted molar refractivity (Wildman–Crippen MR) is 138 cm³/mol. The highest BCUT2D eigenvalue weighted by molar-refractivity contribution is 7.92. The molecular formula is C26H29N3O5S. The van der Waals surface area contributed by atoms with Gasteiger partial charge in [-0.2, -0.15) is 0 Å². The van der Waals surface area contributed by atoms with Crippen molar-refractivity contribution < 1.29 is 23.1 Å². The number of carboxylic acids is 1. The zero-order valence-electron chi connectivity index (χ0n) is 20.0. The summed E-state index contributed by atoms with van der Waals surface area (Å²) < 4.78 is 33.8. The summed E-state index contributed by atoms with van der Waals surface area (Å²) in [6.07, 6.45) is 0. The summed E-state index contributed by atoms with van der Waals surface area (Å²) in [5, 5.41) is 9.82. The molecule has 0 aliphatic carbocycles. The van der Waals surface area contributed by atoms with Crippen molar-refractivity contribution in [2.75, 3.05) is 47.8 Å². The lowest BCUT2D eigenvalue weighted by atomic mass is 10.1. The van der Waals surface area contributed by atoms with E-state index in [1.807, 2.05) is 37.3 Å². The lowest BCUT2D eigenvalue weighted by Gasteiger charge is -2.37. The summed E-state index contributed by atoms with van der Waals surface area (Å²) in [7, 11) is -2.31. The Labute approximate surface area is 205 Å². The van der Waals surface area contributed by atoms with Crippen molar-refractivity contribution in [3.63, 3.8) is 0 Å². The number of aromatic carboxylic acids is 1. The molecule has 184 valence electrons. The first-order valence-electron chi connectivity index (χ1n) is 11.3. The number of carboxylic acid groups (broad SMARTS) is 1. The molecule has 0 aromatic heterocycles. The molecule has 0 atom stereocenters. The lowest BCUT2D eigenvalue weighted by molar-refractivity contribution is 0.0698. The molecule has 1 aliphatic heterocycles. The Morgan fingerprint density at radius 3 is 2.20 bits per heavy atom. The second-order valence-electron chi connectivity index (χ2n) is 8.59. The number of rotatable bonds is 7. The van der Waals surface area contributed by atoms with Crippen LogP contribution in [0, 0.1) is 13.8 Å². The molecule has 0 unspecified atom stereocenters. The molecule has 0 radical (unpaired) electrons. The van der Waals surface area contributed by atoms with E-state index in [0.29, 0.717) is 18.7 Å². The fraction of sp³-hybridized carbons (Fsp3) is 0.269. The van der Waals surface area contributed by atoms with Gasteiger partial charge in [-0.1, -0.05) is 18.2 Å². The number of hydrogen-bond donors (Lipinski definition) is 2. The van der Waals surface area contributed by atoms with E-state index in [4.69, 9.17) is 4.74 Å². The molecule has 1 saturated heterocycles. The number of carbonyl (C=O) groups is 1. The van der Waals surface area contributed by atoms with Gasteiger partial charge in [0.15, 0.2) is 0 Å². The van der Waals surface area contributed by atoms with Crippen molar-refractivity contribution in [2.24, 2.45) is 0 Å². The Morgan fingerprint density at radius 2 is 1.57 bits per heavy atom. The van der Waals surface area contributed by atoms with Crippen molar-refractivity contribution in [3.05, 3.63) is 77.4 Å². The molecule has 0 saturated carbocycles. The number of benzene rings is 3. The van der Waals surface area contributed by atoms with Gasteiger partial charge in [0.2, 0.25) is 0 Å². The number of sulfonamides is 1. The first-order valence-corrected chi connectivity index (χ1v) is 12.8. The van der Waals surface area contributed by atoms with Crippen LogP contribution in [0.4, 0.5) is 17.1 Å². The Kier molecular flexibility index (Phi) is 6.88. The molecule has 1 aliphatic rings. The van der Waals surface area contributed by atoms with E-state index in [0.717, 1.165) is 35.8 Å². The molecule has 1 fully saturated rings. The van der Waals surface area contributed by atoms with Crippen LogP contribution in [0.15, 0.2) is 65.6 Å². The number of aryl methyl sites for hydroxylation is 2. The smallest absolute Gasteiger partial charge is 0.337 e. The third-order valence-electron chi connectivity index (χ3n) is 6.17. The fourth-order valence-electron chi connectivity index (χ4n) is 4.22. The van der Waals surface area contributed by atoms with Crippen LogP contribution in [0.5, 0.6) is 5.75 Å². The predicted octanol–water partition coefficient (Wildman–Crippen LogP) is 4.14. The maximum absolute atomic E-state index is 13.0. The first kappa shape index (κ1) is 24.4. The minimum Gasteiger partial charge on any atom is -0.497 e. The number of nitrogens with zero attached hydrogens (tertiary/aromatic N) is 2. The minimum absolute atomic E-state index is 0.0390. The molecule has 4 rings (SSSR count). The van der Waals surface area contributed by atoms with Gasteiger partial charge in [-0.15, -0.1) is 0 Å². The minimum atomic E-state index is -3.95. The summed E-state index contributed by atoms with van der Waals surface area (Å²) in [6.45, 7) is 6.44. The van der Waals surface area contributed by atoms with Crippen LogP contribution >= 0.6 is 0 Å². The number of piperazine rings is 1. The second kappa shape index (κ2) is 9.87. The second-order valence-corrected chi connectivity index (χ2v) is 10.2. The van der Waals surface area contributed by atoms with E-state index < -0.39 is 16.0 Å². The van der Waals surface area contributed by atoms with Crippen molar-refractivity contribution in [1.82, 2.24) is 0 Å². The maximum Gasteiger partial charge on any atom is 0.337 e. The zero-order valence-corrected chi connectivity index (χ0v) is 20.8. The van der Waals surface area contributed by atoms with E-state index >= 15 is 0 Å². The highest BCUT2D eigenvalue weighted by Gasteiger charge is 2.23. The average molecular weight is 496 g/mol. The molecule has 3 aromatic rings. The van der Waals surface area contributed by atoms with Gasteiger partial charge in [0.1, 0.15) is 5.75 Å². The van der Waals surface area contributed by atoms with Crippen molar-refractivity contribution in [2.45, 2.75) is 18.7 Å². The Bertz CT molecular complexity index is 1350. The topological polar surface area (TPSA) is 99.2 Å². The van der Waals surface area contributed by atoms with Crippen LogP contribution in [-0.4, -0.2) is 52.8 Å². The lowest BCUT2D eigenvalue weighted by Crippen LogP contribution is -2.46. The molecule has 9 heteroatoms. The zero-order chi connectivity index (χ0) is 25.2. The van der Waals surface area contributed by atoms with Crippen LogP contribution in [0.3, 0.4) is 0 Å². The van der Waals surface area contributed by atoms with E-state index in [9.17, 15) is 18.3 Å². The van der Waals surface area contributed by atoms with Crippen molar-refractivity contribution >= 4 is 33.1 Å². The third-order valence-corrected chi connectivity index (χ3v) is 7.68. The maximum atomic E-state index is 13.0. The molecule has 2 N–H and O–H groups in total. The summed E-state index contributed by atoms with van der Waals surface area (Å²) in [5.74, 6) is -0.393. The summed E-state index contributed by atoms with van der Waals surface area (Å²) in [6, 6.07) is 17.9. The summed E-state index contributed by atoms with van der Waals surface area (Å²) >= 11 is 0. The van der Waals surface area contributed by atoms with Crippen LogP contribution in [0.2, 0.25) is 0 Å². The quantitative estimate of drug-likeness (QED) is 0.508. The highest BCUT2D eigenvalue weighted by Crippen LogP contribution is 2.29. The molecule has 1 heterocycles. The van der Waals surface area contributed by atoms with E-state index in [1.165, 1.54) is 12.1 Å². The van der Waals surface area contributed by atoms with Crippen LogP contribution in [0.25, 0.3) is 0 Å². The Balaban J connectivity index is 1.53. The van der Waals surface area contributed by atoms with Gasteiger partial charge in [0, 0.05) is 43.6 Å². The largest absolute Gasteiger partial charge is 0.497 e. The average Bonchev–Trinajstić information content (AvgIpc) is 2.85. The van der Waals surface area contributed by atoms with Gasteiger partial charge in [-0.25, -0.2) is 13.2 Å². The van der Waals surface area contributed by atoms with Gasteiger partial charge in [-0.05, 0) is 61.4 Å². The van der Waals surface area contributed by atoms with Crippen molar-refractivity contribution in [1.29, 1.82) is 0 Å². The fourth-order valence-corrected chi connectivity index (χ4v) is 5.63. The molecule has 8 nitrogen and oxygen atoms in total. The molecule has 3 aromatic carbocycles. The third kappa shape index (κ3) is 5.35. The SMILES string of the molecule is COc1cccc(N2CCN(c3ccc(NS(=O)(=O)c4cc(C)ccc4C)c(C(=O)O)c3)CC2)c1. The highest BCUT2D eigenvalue weighted by atomic mass is 32.2. The van der Waals surface area contributed by atoms with Gasteiger partial charge in [0.05, 0.1) is 23.3 Å². The first-order chi connectivity index (χ1) is 16.7. The van der Waals surface area contributed by atoms with E-state index in [2.05, 4.69) is 14.5 Å². The Hall–Kier alpha value is -3.72. The van der Waals surface area contributed by atoms with E-state index in [-0.39, 0.29) is 16.1 Å². The van der Waals surface area contributed by atoms with Crippen LogP contribution in [-0.2, 0) is 10.0 Å². The summed E-state index contributed by atoms with van der Waals surface area (Å²) in [4.78, 5) is 16.5. The van der Waals surface area contributed by atoms with Gasteiger partial charge < -0.3 is 19.6 Å². The van der Waals surface area contributed by atoms with Gasteiger partial charge in [-0.3, -0.25) is 4.72 Å². The number of anilines is 3. The molecule has 0 spiro atoms. The number of methoxy groups -OCH3 is 1. The number of ether oxygens (including phenoxy) is 1. The summed E-state index contributed by atoms with van der Waals surface area (Å²) in [5.41, 5.74) is 3.15. The number of hydrogen-bond acceptors (Lipinski definition) is 6. The monoisotopic (exact) mass is 495 g/mol. The van der Waals surface area contributed by atoms with E-state index in [1.54, 1.807) is 32.2 Å². The number of nitrogens with one attached hydrogen (secondary N) is 1. The molecule has 35 heavy (non-hydrogen) atoms. The standard InChI is InChI=1S/C26H29N3O5S/c1-18-7-8-19(2)25(15-18)35(32,33)27-24-10-9-21(17-23(24)26(30)31)29-13-11-28(12-14-29)20-5-4-6-22(16-20)34-3/h4-10,15-17,27H,11-14H2,1-3H3,(H,30,31). The molecular weight excluding hydrogens is 466 g/mol. The van der Waals surface area contributed by atoms with Crippen LogP contribution in [0.1, 0.15) is 21.5 Å². The normalized spacial score (nSPS) is 14.0. The van der Waals surface area contributed by atoms with Gasteiger partial charge in [0.25, 0.3) is 10.0 Å². The van der Waals surface area contributed by atoms with Crippen molar-refractivity contribution in [3.8, 4) is 5.75 Å².